The normalized spacial score (nSPS) is 15.4. The van der Waals surface area contributed by atoms with Gasteiger partial charge < -0.3 is 25.5 Å². The number of aliphatic hydroxyl groups is 1. The van der Waals surface area contributed by atoms with E-state index in [1.807, 2.05) is 61.3 Å². The van der Waals surface area contributed by atoms with E-state index in [4.69, 9.17) is 5.11 Å². The van der Waals surface area contributed by atoms with Crippen molar-refractivity contribution in [2.24, 2.45) is 7.05 Å². The molecule has 0 radical (unpaired) electrons. The number of aromatic nitrogens is 2. The molecule has 9 nitrogen and oxygen atoms in total. The van der Waals surface area contributed by atoms with Crippen LogP contribution in [0.3, 0.4) is 0 Å². The van der Waals surface area contributed by atoms with Gasteiger partial charge in [0.25, 0.3) is 5.91 Å². The first-order valence-electron chi connectivity index (χ1n) is 13.8. The standard InChI is InChI=1S/C30H38N6O3/c1-21-18-23(9-8-22(21)10-11-28(38)35-15-12-25(13-16-35)31-14-5-17-37)30(39)36-20-24-19-32-34(2)29(24)33-26-6-3-4-7-27(26)36/h3-4,6-9,18-19,25,31,33,37H,5,10-17,20H2,1-2H3. The molecule has 3 heterocycles. The van der Waals surface area contributed by atoms with Gasteiger partial charge in [0, 0.05) is 50.3 Å². The van der Waals surface area contributed by atoms with Gasteiger partial charge in [0.2, 0.25) is 5.91 Å². The van der Waals surface area contributed by atoms with E-state index in [0.29, 0.717) is 31.0 Å². The van der Waals surface area contributed by atoms with Crippen LogP contribution < -0.4 is 15.5 Å². The van der Waals surface area contributed by atoms with Crippen LogP contribution >= 0.6 is 0 Å². The molecule has 9 heteroatoms. The molecule has 1 aromatic heterocycles. The highest BCUT2D eigenvalue weighted by molar-refractivity contribution is 6.08. The maximum Gasteiger partial charge on any atom is 0.258 e. The zero-order chi connectivity index (χ0) is 27.4. The predicted molar refractivity (Wildman–Crippen MR) is 152 cm³/mol. The second-order valence-corrected chi connectivity index (χ2v) is 10.5. The number of carbonyl (C=O) groups is 2. The van der Waals surface area contributed by atoms with Gasteiger partial charge in [-0.1, -0.05) is 18.2 Å². The van der Waals surface area contributed by atoms with Gasteiger partial charge in [0.15, 0.2) is 0 Å². The molecular weight excluding hydrogens is 492 g/mol. The number of hydrogen-bond acceptors (Lipinski definition) is 6. The monoisotopic (exact) mass is 530 g/mol. The zero-order valence-electron chi connectivity index (χ0n) is 22.8. The van der Waals surface area contributed by atoms with Gasteiger partial charge in [-0.3, -0.25) is 14.3 Å². The Balaban J connectivity index is 1.22. The van der Waals surface area contributed by atoms with Crippen LogP contribution in [0.4, 0.5) is 17.2 Å². The van der Waals surface area contributed by atoms with Crippen LogP contribution in [0, 0.1) is 6.92 Å². The molecule has 39 heavy (non-hydrogen) atoms. The van der Waals surface area contributed by atoms with Crippen molar-refractivity contribution in [1.82, 2.24) is 20.0 Å². The van der Waals surface area contributed by atoms with Crippen molar-refractivity contribution >= 4 is 29.0 Å². The minimum atomic E-state index is -0.0675. The van der Waals surface area contributed by atoms with Gasteiger partial charge in [0.1, 0.15) is 5.82 Å². The number of nitrogens with one attached hydrogen (secondary N) is 2. The molecule has 3 aromatic rings. The second-order valence-electron chi connectivity index (χ2n) is 10.5. The Hall–Kier alpha value is -3.69. The first kappa shape index (κ1) is 26.9. The van der Waals surface area contributed by atoms with E-state index in [0.717, 1.165) is 72.8 Å². The van der Waals surface area contributed by atoms with Crippen molar-refractivity contribution in [1.29, 1.82) is 0 Å². The van der Waals surface area contributed by atoms with Gasteiger partial charge in [-0.25, -0.2) is 0 Å². The molecule has 0 unspecified atom stereocenters. The lowest BCUT2D eigenvalue weighted by atomic mass is 9.99. The van der Waals surface area contributed by atoms with E-state index in [-0.39, 0.29) is 18.4 Å². The molecule has 2 aliphatic rings. The maximum absolute atomic E-state index is 13.8. The molecule has 2 aromatic carbocycles. The van der Waals surface area contributed by atoms with Gasteiger partial charge in [0.05, 0.1) is 24.1 Å². The lowest BCUT2D eigenvalue weighted by molar-refractivity contribution is -0.132. The van der Waals surface area contributed by atoms with E-state index in [9.17, 15) is 9.59 Å². The van der Waals surface area contributed by atoms with E-state index >= 15 is 0 Å². The molecule has 0 saturated carbocycles. The van der Waals surface area contributed by atoms with Gasteiger partial charge in [-0.05, 0) is 74.5 Å². The lowest BCUT2D eigenvalue weighted by Gasteiger charge is -2.32. The summed E-state index contributed by atoms with van der Waals surface area (Å²) < 4.78 is 1.79. The van der Waals surface area contributed by atoms with Crippen LogP contribution in [0.25, 0.3) is 0 Å². The van der Waals surface area contributed by atoms with Crippen LogP contribution in [0.15, 0.2) is 48.7 Å². The number of para-hydroxylation sites is 2. The largest absolute Gasteiger partial charge is 0.396 e. The fourth-order valence-corrected chi connectivity index (χ4v) is 5.52. The van der Waals surface area contributed by atoms with Crippen molar-refractivity contribution in [3.8, 4) is 0 Å². The van der Waals surface area contributed by atoms with Crippen LogP contribution in [-0.2, 0) is 24.8 Å². The van der Waals surface area contributed by atoms with Crippen molar-refractivity contribution in [3.05, 3.63) is 70.9 Å². The Bertz CT molecular complexity index is 1330. The molecule has 1 fully saturated rings. The number of carbonyl (C=O) groups excluding carboxylic acids is 2. The summed E-state index contributed by atoms with van der Waals surface area (Å²) >= 11 is 0. The first-order valence-corrected chi connectivity index (χ1v) is 13.8. The summed E-state index contributed by atoms with van der Waals surface area (Å²) in [6.07, 6.45) is 5.58. The SMILES string of the molecule is Cc1cc(C(=O)N2Cc3cnn(C)c3Nc3ccccc32)ccc1CCC(=O)N1CCC(NCCCO)CC1. The summed E-state index contributed by atoms with van der Waals surface area (Å²) in [5.41, 5.74) is 5.39. The highest BCUT2D eigenvalue weighted by Crippen LogP contribution is 2.36. The number of hydrogen-bond donors (Lipinski definition) is 3. The first-order chi connectivity index (χ1) is 18.9. The summed E-state index contributed by atoms with van der Waals surface area (Å²) in [5, 5.41) is 20.2. The van der Waals surface area contributed by atoms with E-state index in [2.05, 4.69) is 15.7 Å². The Morgan fingerprint density at radius 2 is 1.95 bits per heavy atom. The number of amides is 2. The third-order valence-electron chi connectivity index (χ3n) is 7.85. The smallest absolute Gasteiger partial charge is 0.258 e. The Kier molecular flexibility index (Phi) is 8.28. The lowest BCUT2D eigenvalue weighted by Crippen LogP contribution is -2.45. The molecule has 0 atom stereocenters. The summed E-state index contributed by atoms with van der Waals surface area (Å²) in [4.78, 5) is 30.4. The topological polar surface area (TPSA) is 103 Å². The highest BCUT2D eigenvalue weighted by atomic mass is 16.3. The van der Waals surface area contributed by atoms with Crippen molar-refractivity contribution in [3.63, 3.8) is 0 Å². The average Bonchev–Trinajstić information content (AvgIpc) is 3.19. The minimum Gasteiger partial charge on any atom is -0.396 e. The number of rotatable bonds is 8. The molecule has 0 bridgehead atoms. The molecule has 0 aliphatic carbocycles. The van der Waals surface area contributed by atoms with Crippen molar-refractivity contribution < 1.29 is 14.7 Å². The van der Waals surface area contributed by atoms with Crippen LogP contribution in [0.5, 0.6) is 0 Å². The summed E-state index contributed by atoms with van der Waals surface area (Å²) in [7, 11) is 1.89. The maximum atomic E-state index is 13.8. The van der Waals surface area contributed by atoms with Gasteiger partial charge >= 0.3 is 0 Å². The highest BCUT2D eigenvalue weighted by Gasteiger charge is 2.27. The molecule has 2 amide bonds. The molecular formula is C30H38N6O3. The molecule has 3 N–H and O–H groups in total. The van der Waals surface area contributed by atoms with E-state index in [1.165, 1.54) is 0 Å². The van der Waals surface area contributed by atoms with Gasteiger partial charge in [-0.15, -0.1) is 0 Å². The van der Waals surface area contributed by atoms with Gasteiger partial charge in [-0.2, -0.15) is 5.10 Å². The third-order valence-corrected chi connectivity index (χ3v) is 7.85. The number of benzene rings is 2. The minimum absolute atomic E-state index is 0.0675. The Morgan fingerprint density at radius 3 is 2.72 bits per heavy atom. The number of aliphatic hydroxyl groups excluding tert-OH is 1. The van der Waals surface area contributed by atoms with E-state index < -0.39 is 0 Å². The number of anilines is 3. The predicted octanol–water partition coefficient (Wildman–Crippen LogP) is 3.53. The third kappa shape index (κ3) is 5.99. The second kappa shape index (κ2) is 12.0. The molecule has 206 valence electrons. The fourth-order valence-electron chi connectivity index (χ4n) is 5.52. The van der Waals surface area contributed by atoms with Crippen LogP contribution in [-0.4, -0.2) is 63.9 Å². The summed E-state index contributed by atoms with van der Waals surface area (Å²) in [6, 6.07) is 14.1. The number of likely N-dealkylation sites (tertiary alicyclic amines) is 1. The molecule has 1 saturated heterocycles. The Labute approximate surface area is 229 Å². The van der Waals surface area contributed by atoms with Crippen molar-refractivity contribution in [2.45, 2.75) is 51.6 Å². The number of piperidine rings is 1. The fraction of sp³-hybridized carbons (Fsp3) is 0.433. The molecule has 0 spiro atoms. The summed E-state index contributed by atoms with van der Waals surface area (Å²) in [5.74, 6) is 1.00. The molecule has 5 rings (SSSR count). The quantitative estimate of drug-likeness (QED) is 0.385. The number of nitrogens with zero attached hydrogens (tertiary/aromatic N) is 4. The summed E-state index contributed by atoms with van der Waals surface area (Å²) in [6.45, 7) is 5.00. The van der Waals surface area contributed by atoms with Crippen LogP contribution in [0.1, 0.15) is 52.7 Å². The molecule has 2 aliphatic heterocycles. The van der Waals surface area contributed by atoms with Crippen molar-refractivity contribution in [2.75, 3.05) is 36.5 Å². The zero-order valence-corrected chi connectivity index (χ0v) is 22.8. The number of fused-ring (bicyclic) bond motifs is 2. The van der Waals surface area contributed by atoms with Crippen LogP contribution in [0.2, 0.25) is 0 Å². The Morgan fingerprint density at radius 1 is 1.15 bits per heavy atom. The average molecular weight is 531 g/mol. The van der Waals surface area contributed by atoms with E-state index in [1.54, 1.807) is 15.8 Å². The number of aryl methyl sites for hydroxylation is 3.